The molecule has 4 nitrogen and oxygen atoms in total. The normalized spacial score (nSPS) is 11.7. The first kappa shape index (κ1) is 11.4. The standard InChI is InChI=1S/C9H17N3OS/c1-4-9(5-2,6-13)10-8-12-11-7(3)14-8/h13H,4-6H2,1-3H3,(H,10,12). The van der Waals surface area contributed by atoms with Gasteiger partial charge < -0.3 is 10.4 Å². The Morgan fingerprint density at radius 1 is 1.36 bits per heavy atom. The molecule has 0 radical (unpaired) electrons. The van der Waals surface area contributed by atoms with Crippen LogP contribution < -0.4 is 5.32 Å². The van der Waals surface area contributed by atoms with Crippen LogP contribution in [0, 0.1) is 6.92 Å². The van der Waals surface area contributed by atoms with Gasteiger partial charge in [-0.1, -0.05) is 25.2 Å². The van der Waals surface area contributed by atoms with Crippen LogP contribution >= 0.6 is 11.3 Å². The van der Waals surface area contributed by atoms with E-state index in [9.17, 15) is 5.11 Å². The molecule has 1 rings (SSSR count). The molecule has 0 atom stereocenters. The van der Waals surface area contributed by atoms with Gasteiger partial charge in [-0.3, -0.25) is 0 Å². The van der Waals surface area contributed by atoms with Crippen molar-refractivity contribution >= 4 is 16.5 Å². The molecular formula is C9H17N3OS. The van der Waals surface area contributed by atoms with Gasteiger partial charge in [0.05, 0.1) is 12.1 Å². The average molecular weight is 215 g/mol. The summed E-state index contributed by atoms with van der Waals surface area (Å²) in [6.07, 6.45) is 1.75. The number of hydrogen-bond donors (Lipinski definition) is 2. The molecule has 0 saturated heterocycles. The van der Waals surface area contributed by atoms with Gasteiger partial charge in [0.15, 0.2) is 0 Å². The lowest BCUT2D eigenvalue weighted by Gasteiger charge is -2.30. The minimum atomic E-state index is -0.244. The molecule has 0 fully saturated rings. The van der Waals surface area contributed by atoms with Crippen LogP contribution in [0.1, 0.15) is 31.7 Å². The van der Waals surface area contributed by atoms with Gasteiger partial charge in [-0.05, 0) is 19.8 Å². The maximum Gasteiger partial charge on any atom is 0.206 e. The fraction of sp³-hybridized carbons (Fsp3) is 0.778. The lowest BCUT2D eigenvalue weighted by atomic mass is 9.94. The van der Waals surface area contributed by atoms with Crippen LogP contribution in [0.25, 0.3) is 0 Å². The van der Waals surface area contributed by atoms with Gasteiger partial charge in [-0.25, -0.2) is 0 Å². The molecule has 0 bridgehead atoms. The number of aryl methyl sites for hydroxylation is 1. The van der Waals surface area contributed by atoms with E-state index in [0.29, 0.717) is 0 Å². The molecule has 14 heavy (non-hydrogen) atoms. The molecule has 1 aromatic rings. The highest BCUT2D eigenvalue weighted by Gasteiger charge is 2.25. The summed E-state index contributed by atoms with van der Waals surface area (Å²) in [5.74, 6) is 0. The number of aliphatic hydroxyl groups excluding tert-OH is 1. The Morgan fingerprint density at radius 2 is 2.00 bits per heavy atom. The zero-order valence-electron chi connectivity index (χ0n) is 8.87. The summed E-state index contributed by atoms with van der Waals surface area (Å²) in [5.41, 5.74) is -0.244. The van der Waals surface area contributed by atoms with Crippen molar-refractivity contribution in [2.45, 2.75) is 39.2 Å². The van der Waals surface area contributed by atoms with Crippen LogP contribution in [0.15, 0.2) is 0 Å². The molecule has 1 aromatic heterocycles. The number of hydrogen-bond acceptors (Lipinski definition) is 5. The van der Waals surface area contributed by atoms with E-state index in [1.807, 2.05) is 6.92 Å². The summed E-state index contributed by atoms with van der Waals surface area (Å²) < 4.78 is 0. The van der Waals surface area contributed by atoms with Crippen molar-refractivity contribution in [1.82, 2.24) is 10.2 Å². The zero-order valence-corrected chi connectivity index (χ0v) is 9.69. The molecular weight excluding hydrogens is 198 g/mol. The molecule has 0 aromatic carbocycles. The first-order valence-corrected chi connectivity index (χ1v) is 5.66. The monoisotopic (exact) mass is 215 g/mol. The van der Waals surface area contributed by atoms with E-state index in [1.54, 1.807) is 0 Å². The summed E-state index contributed by atoms with van der Waals surface area (Å²) in [7, 11) is 0. The van der Waals surface area contributed by atoms with E-state index in [4.69, 9.17) is 0 Å². The average Bonchev–Trinajstić information content (AvgIpc) is 2.61. The van der Waals surface area contributed by atoms with E-state index in [2.05, 4.69) is 29.4 Å². The van der Waals surface area contributed by atoms with Crippen LogP contribution in [0.2, 0.25) is 0 Å². The Hall–Kier alpha value is -0.680. The van der Waals surface area contributed by atoms with Crippen LogP contribution in [-0.4, -0.2) is 27.4 Å². The molecule has 0 spiro atoms. The van der Waals surface area contributed by atoms with Crippen molar-refractivity contribution in [1.29, 1.82) is 0 Å². The maximum atomic E-state index is 9.34. The number of nitrogens with one attached hydrogen (secondary N) is 1. The molecule has 0 saturated carbocycles. The smallest absolute Gasteiger partial charge is 0.206 e. The molecule has 0 aliphatic rings. The van der Waals surface area contributed by atoms with E-state index in [-0.39, 0.29) is 12.1 Å². The number of rotatable bonds is 5. The Labute approximate surface area is 88.4 Å². The number of nitrogens with zero attached hydrogens (tertiary/aromatic N) is 2. The number of aliphatic hydroxyl groups is 1. The maximum absolute atomic E-state index is 9.34. The molecule has 0 aliphatic carbocycles. The largest absolute Gasteiger partial charge is 0.394 e. The minimum absolute atomic E-state index is 0.124. The SMILES string of the molecule is CCC(CC)(CO)Nc1nnc(C)s1. The molecule has 1 heterocycles. The van der Waals surface area contributed by atoms with Crippen LogP contribution in [0.3, 0.4) is 0 Å². The van der Waals surface area contributed by atoms with Gasteiger partial charge in [0.2, 0.25) is 5.13 Å². The van der Waals surface area contributed by atoms with Crippen molar-refractivity contribution in [3.63, 3.8) is 0 Å². The Kier molecular flexibility index (Phi) is 3.83. The van der Waals surface area contributed by atoms with Gasteiger partial charge in [0.25, 0.3) is 0 Å². The molecule has 0 amide bonds. The number of aromatic nitrogens is 2. The van der Waals surface area contributed by atoms with Gasteiger partial charge >= 0.3 is 0 Å². The van der Waals surface area contributed by atoms with Crippen LogP contribution in [-0.2, 0) is 0 Å². The number of anilines is 1. The van der Waals surface area contributed by atoms with Crippen LogP contribution in [0.5, 0.6) is 0 Å². The second-order valence-corrected chi connectivity index (χ2v) is 4.58. The molecule has 0 aliphatic heterocycles. The Balaban J connectivity index is 2.73. The van der Waals surface area contributed by atoms with Gasteiger partial charge in [0, 0.05) is 0 Å². The lowest BCUT2D eigenvalue weighted by molar-refractivity contribution is 0.202. The second-order valence-electron chi connectivity index (χ2n) is 3.40. The lowest BCUT2D eigenvalue weighted by Crippen LogP contribution is -2.40. The Morgan fingerprint density at radius 3 is 2.36 bits per heavy atom. The summed E-state index contributed by atoms with van der Waals surface area (Å²) in [6, 6.07) is 0. The molecule has 2 N–H and O–H groups in total. The van der Waals surface area contributed by atoms with E-state index < -0.39 is 0 Å². The fourth-order valence-corrected chi connectivity index (χ4v) is 1.97. The van der Waals surface area contributed by atoms with Gasteiger partial charge in [-0.2, -0.15) is 0 Å². The summed E-state index contributed by atoms with van der Waals surface area (Å²) >= 11 is 1.52. The Bertz CT molecular complexity index is 275. The van der Waals surface area contributed by atoms with Crippen molar-refractivity contribution in [3.8, 4) is 0 Å². The highest BCUT2D eigenvalue weighted by atomic mass is 32.1. The molecule has 5 heteroatoms. The molecule has 80 valence electrons. The van der Waals surface area contributed by atoms with Crippen LogP contribution in [0.4, 0.5) is 5.13 Å². The summed E-state index contributed by atoms with van der Waals surface area (Å²) in [6.45, 7) is 6.15. The van der Waals surface area contributed by atoms with E-state index in [1.165, 1.54) is 11.3 Å². The third kappa shape index (κ3) is 2.42. The topological polar surface area (TPSA) is 58.0 Å². The van der Waals surface area contributed by atoms with Crippen molar-refractivity contribution < 1.29 is 5.11 Å². The molecule has 0 unspecified atom stereocenters. The zero-order chi connectivity index (χ0) is 10.6. The first-order valence-electron chi connectivity index (χ1n) is 4.85. The summed E-state index contributed by atoms with van der Waals surface area (Å²) in [5, 5.41) is 22.2. The minimum Gasteiger partial charge on any atom is -0.394 e. The van der Waals surface area contributed by atoms with Crippen molar-refractivity contribution in [3.05, 3.63) is 5.01 Å². The predicted octanol–water partition coefficient (Wildman–Crippen LogP) is 1.81. The van der Waals surface area contributed by atoms with E-state index >= 15 is 0 Å². The van der Waals surface area contributed by atoms with Gasteiger partial charge in [0.1, 0.15) is 5.01 Å². The third-order valence-electron chi connectivity index (χ3n) is 2.55. The predicted molar refractivity (Wildman–Crippen MR) is 58.7 cm³/mol. The highest BCUT2D eigenvalue weighted by Crippen LogP contribution is 2.23. The fourth-order valence-electron chi connectivity index (χ4n) is 1.26. The second kappa shape index (κ2) is 4.70. The third-order valence-corrected chi connectivity index (χ3v) is 3.31. The van der Waals surface area contributed by atoms with Crippen molar-refractivity contribution in [2.24, 2.45) is 0 Å². The first-order chi connectivity index (χ1) is 6.65. The highest BCUT2D eigenvalue weighted by molar-refractivity contribution is 7.15. The van der Waals surface area contributed by atoms with Gasteiger partial charge in [-0.15, -0.1) is 10.2 Å². The summed E-state index contributed by atoms with van der Waals surface area (Å²) in [4.78, 5) is 0. The van der Waals surface area contributed by atoms with Crippen molar-refractivity contribution in [2.75, 3.05) is 11.9 Å². The quantitative estimate of drug-likeness (QED) is 0.786. The van der Waals surface area contributed by atoms with E-state index in [0.717, 1.165) is 23.0 Å².